The lowest BCUT2D eigenvalue weighted by atomic mass is 10.1. The summed E-state index contributed by atoms with van der Waals surface area (Å²) in [7, 11) is 0. The Morgan fingerprint density at radius 1 is 1.00 bits per heavy atom. The zero-order valence-electron chi connectivity index (χ0n) is 16.3. The van der Waals surface area contributed by atoms with Crippen LogP contribution in [0.4, 0.5) is 5.69 Å². The van der Waals surface area contributed by atoms with Gasteiger partial charge >= 0.3 is 5.97 Å². The van der Waals surface area contributed by atoms with E-state index in [1.165, 1.54) is 6.07 Å². The summed E-state index contributed by atoms with van der Waals surface area (Å²) in [4.78, 5) is 24.7. The fourth-order valence-electron chi connectivity index (χ4n) is 2.92. The first-order chi connectivity index (χ1) is 14.0. The molecule has 3 rings (SSSR count). The van der Waals surface area contributed by atoms with Crippen molar-refractivity contribution < 1.29 is 19.1 Å². The number of fused-ring (bicyclic) bond motifs is 1. The maximum absolute atomic E-state index is 12.7. The van der Waals surface area contributed by atoms with Crippen molar-refractivity contribution in [3.05, 3.63) is 71.2 Å². The first kappa shape index (κ1) is 20.7. The van der Waals surface area contributed by atoms with Gasteiger partial charge in [0.25, 0.3) is 5.91 Å². The van der Waals surface area contributed by atoms with E-state index in [0.717, 1.165) is 10.8 Å². The number of esters is 1. The van der Waals surface area contributed by atoms with Crippen LogP contribution in [0.2, 0.25) is 5.02 Å². The van der Waals surface area contributed by atoms with Crippen LogP contribution in [0.25, 0.3) is 10.8 Å². The summed E-state index contributed by atoms with van der Waals surface area (Å²) < 4.78 is 10.9. The highest BCUT2D eigenvalue weighted by molar-refractivity contribution is 6.33. The quantitative estimate of drug-likeness (QED) is 0.524. The molecule has 0 saturated carbocycles. The fraction of sp³-hybridized carbons (Fsp3) is 0.217. The molecule has 3 aromatic carbocycles. The number of carbonyl (C=O) groups excluding carboxylic acids is 2. The highest BCUT2D eigenvalue weighted by atomic mass is 35.5. The molecule has 6 heteroatoms. The highest BCUT2D eigenvalue weighted by Crippen LogP contribution is 2.24. The van der Waals surface area contributed by atoms with Gasteiger partial charge in [-0.15, -0.1) is 0 Å². The third-order valence-corrected chi connectivity index (χ3v) is 4.72. The van der Waals surface area contributed by atoms with Gasteiger partial charge in [-0.05, 0) is 54.4 Å². The Morgan fingerprint density at radius 2 is 1.76 bits per heavy atom. The Hall–Kier alpha value is -3.05. The predicted octanol–water partition coefficient (Wildman–Crippen LogP) is 5.47. The maximum Gasteiger partial charge on any atom is 0.339 e. The van der Waals surface area contributed by atoms with Crippen LogP contribution in [0.15, 0.2) is 60.7 Å². The Labute approximate surface area is 174 Å². The maximum atomic E-state index is 12.7. The zero-order valence-corrected chi connectivity index (χ0v) is 17.0. The number of nitrogens with one attached hydrogen (secondary N) is 1. The number of hydrogen-bond donors (Lipinski definition) is 1. The van der Waals surface area contributed by atoms with Gasteiger partial charge in [0.1, 0.15) is 5.75 Å². The molecular formula is C23H22ClNO4. The molecule has 0 bridgehead atoms. The average molecular weight is 412 g/mol. The van der Waals surface area contributed by atoms with Crippen molar-refractivity contribution in [3.63, 3.8) is 0 Å². The van der Waals surface area contributed by atoms with Gasteiger partial charge in [0.05, 0.1) is 17.2 Å². The SMILES string of the molecule is CCOC(=O)c1cc(NC(=O)C(CC)Oc2ccc3ccccc3c2)ccc1Cl. The van der Waals surface area contributed by atoms with E-state index in [0.29, 0.717) is 17.9 Å². The van der Waals surface area contributed by atoms with Crippen molar-refractivity contribution >= 4 is 39.9 Å². The molecule has 1 N–H and O–H groups in total. The van der Waals surface area contributed by atoms with Gasteiger partial charge in [-0.3, -0.25) is 4.79 Å². The lowest BCUT2D eigenvalue weighted by molar-refractivity contribution is -0.122. The molecule has 0 aliphatic heterocycles. The summed E-state index contributed by atoms with van der Waals surface area (Å²) in [5, 5.41) is 5.19. The molecule has 5 nitrogen and oxygen atoms in total. The van der Waals surface area contributed by atoms with Crippen LogP contribution in [0.5, 0.6) is 5.75 Å². The normalized spacial score (nSPS) is 11.7. The van der Waals surface area contributed by atoms with Crippen LogP contribution in [0, 0.1) is 0 Å². The third-order valence-electron chi connectivity index (χ3n) is 4.39. The Balaban J connectivity index is 1.74. The molecule has 0 fully saturated rings. The summed E-state index contributed by atoms with van der Waals surface area (Å²) in [5.74, 6) is -0.222. The summed E-state index contributed by atoms with van der Waals surface area (Å²) in [6.45, 7) is 3.83. The van der Waals surface area contributed by atoms with Gasteiger partial charge in [0.2, 0.25) is 0 Å². The second-order valence-electron chi connectivity index (χ2n) is 6.43. The van der Waals surface area contributed by atoms with Crippen LogP contribution < -0.4 is 10.1 Å². The van der Waals surface area contributed by atoms with Crippen molar-refractivity contribution in [3.8, 4) is 5.75 Å². The summed E-state index contributed by atoms with van der Waals surface area (Å²) in [6.07, 6.45) is -0.199. The van der Waals surface area contributed by atoms with E-state index in [2.05, 4.69) is 5.32 Å². The lowest BCUT2D eigenvalue weighted by Crippen LogP contribution is -2.32. The van der Waals surface area contributed by atoms with E-state index < -0.39 is 12.1 Å². The van der Waals surface area contributed by atoms with Crippen LogP contribution in [-0.2, 0) is 9.53 Å². The Morgan fingerprint density at radius 3 is 2.48 bits per heavy atom. The van der Waals surface area contributed by atoms with Crippen LogP contribution in [0.1, 0.15) is 30.6 Å². The molecule has 150 valence electrons. The van der Waals surface area contributed by atoms with Crippen molar-refractivity contribution in [1.29, 1.82) is 0 Å². The molecule has 0 spiro atoms. The number of amides is 1. The standard InChI is InChI=1S/C23H22ClNO4/c1-3-21(29-18-11-9-15-7-5-6-8-16(15)13-18)22(26)25-17-10-12-20(24)19(14-17)23(27)28-4-2/h5-14,21H,3-4H2,1-2H3,(H,25,26). The van der Waals surface area contributed by atoms with E-state index in [-0.39, 0.29) is 23.1 Å². The fourth-order valence-corrected chi connectivity index (χ4v) is 3.11. The molecule has 0 aliphatic rings. The molecule has 1 atom stereocenters. The minimum Gasteiger partial charge on any atom is -0.481 e. The molecular weight excluding hydrogens is 390 g/mol. The van der Waals surface area contributed by atoms with E-state index in [4.69, 9.17) is 21.1 Å². The third kappa shape index (κ3) is 5.06. The van der Waals surface area contributed by atoms with Gasteiger partial charge in [-0.1, -0.05) is 48.9 Å². The second-order valence-corrected chi connectivity index (χ2v) is 6.84. The van der Waals surface area contributed by atoms with E-state index in [1.54, 1.807) is 19.1 Å². The first-order valence-electron chi connectivity index (χ1n) is 9.44. The second kappa shape index (κ2) is 9.43. The number of anilines is 1. The number of halogens is 1. The average Bonchev–Trinajstić information content (AvgIpc) is 2.73. The largest absolute Gasteiger partial charge is 0.481 e. The molecule has 0 aliphatic carbocycles. The predicted molar refractivity (Wildman–Crippen MR) is 115 cm³/mol. The van der Waals surface area contributed by atoms with E-state index in [9.17, 15) is 9.59 Å². The molecule has 0 radical (unpaired) electrons. The highest BCUT2D eigenvalue weighted by Gasteiger charge is 2.20. The molecule has 3 aromatic rings. The number of benzene rings is 3. The first-order valence-corrected chi connectivity index (χ1v) is 9.82. The van der Waals surface area contributed by atoms with Gasteiger partial charge < -0.3 is 14.8 Å². The Kier molecular flexibility index (Phi) is 6.73. The van der Waals surface area contributed by atoms with Crippen molar-refractivity contribution in [2.75, 3.05) is 11.9 Å². The van der Waals surface area contributed by atoms with E-state index >= 15 is 0 Å². The summed E-state index contributed by atoms with van der Waals surface area (Å²) >= 11 is 6.07. The van der Waals surface area contributed by atoms with Gasteiger partial charge in [0.15, 0.2) is 6.10 Å². The van der Waals surface area contributed by atoms with Gasteiger partial charge in [0, 0.05) is 5.69 Å². The van der Waals surface area contributed by atoms with Crippen molar-refractivity contribution in [2.45, 2.75) is 26.4 Å². The van der Waals surface area contributed by atoms with Crippen molar-refractivity contribution in [1.82, 2.24) is 0 Å². The molecule has 0 heterocycles. The monoisotopic (exact) mass is 411 g/mol. The smallest absolute Gasteiger partial charge is 0.339 e. The van der Waals surface area contributed by atoms with Crippen molar-refractivity contribution in [2.24, 2.45) is 0 Å². The van der Waals surface area contributed by atoms with E-state index in [1.807, 2.05) is 49.4 Å². The molecule has 1 unspecified atom stereocenters. The van der Waals surface area contributed by atoms with Crippen LogP contribution in [0.3, 0.4) is 0 Å². The lowest BCUT2D eigenvalue weighted by Gasteiger charge is -2.18. The molecule has 1 amide bonds. The van der Waals surface area contributed by atoms with Gasteiger partial charge in [-0.25, -0.2) is 4.79 Å². The Bertz CT molecular complexity index is 1030. The number of ether oxygens (including phenoxy) is 2. The molecule has 0 saturated heterocycles. The summed E-state index contributed by atoms with van der Waals surface area (Å²) in [6, 6.07) is 18.3. The summed E-state index contributed by atoms with van der Waals surface area (Å²) in [5.41, 5.74) is 0.651. The van der Waals surface area contributed by atoms with Crippen LogP contribution >= 0.6 is 11.6 Å². The minimum absolute atomic E-state index is 0.204. The topological polar surface area (TPSA) is 64.6 Å². The number of rotatable bonds is 7. The number of hydrogen-bond acceptors (Lipinski definition) is 4. The zero-order chi connectivity index (χ0) is 20.8. The van der Waals surface area contributed by atoms with Crippen LogP contribution in [-0.4, -0.2) is 24.6 Å². The minimum atomic E-state index is -0.683. The van der Waals surface area contributed by atoms with Gasteiger partial charge in [-0.2, -0.15) is 0 Å². The molecule has 29 heavy (non-hydrogen) atoms. The number of carbonyl (C=O) groups is 2. The molecule has 0 aromatic heterocycles.